The number of H-pyrrole nitrogens is 1. The third kappa shape index (κ3) is 2.95. The van der Waals surface area contributed by atoms with Crippen LogP contribution in [-0.2, 0) is 7.59 Å². The SMILES string of the molecule is ClC(Cl)(Cl)c1c[nH]nc1C(Cl)(Cl)Cl. The van der Waals surface area contributed by atoms with Crippen molar-refractivity contribution in [1.82, 2.24) is 10.2 Å². The lowest BCUT2D eigenvalue weighted by Gasteiger charge is -2.14. The topological polar surface area (TPSA) is 28.7 Å². The van der Waals surface area contributed by atoms with Crippen LogP contribution in [0, 0.1) is 0 Å². The van der Waals surface area contributed by atoms with Crippen molar-refractivity contribution in [3.05, 3.63) is 17.5 Å². The minimum Gasteiger partial charge on any atom is -0.285 e. The molecule has 0 fully saturated rings. The number of nitrogens with one attached hydrogen (secondary N) is 1. The van der Waals surface area contributed by atoms with E-state index in [-0.39, 0.29) is 11.3 Å². The fourth-order valence-corrected chi connectivity index (χ4v) is 1.59. The fourth-order valence-electron chi connectivity index (χ4n) is 0.722. The highest BCUT2D eigenvalue weighted by molar-refractivity contribution is 6.68. The summed E-state index contributed by atoms with van der Waals surface area (Å²) < 4.78 is -3.37. The van der Waals surface area contributed by atoms with Crippen molar-refractivity contribution in [2.24, 2.45) is 0 Å². The summed E-state index contributed by atoms with van der Waals surface area (Å²) in [6.45, 7) is 0. The van der Waals surface area contributed by atoms with Crippen molar-refractivity contribution >= 4 is 69.6 Å². The Kier molecular flexibility index (Phi) is 3.55. The molecule has 1 heterocycles. The van der Waals surface area contributed by atoms with Gasteiger partial charge in [-0.25, -0.2) is 0 Å². The van der Waals surface area contributed by atoms with E-state index in [0.717, 1.165) is 0 Å². The van der Waals surface area contributed by atoms with E-state index in [9.17, 15) is 0 Å². The summed E-state index contributed by atoms with van der Waals surface area (Å²) in [7, 11) is 0. The van der Waals surface area contributed by atoms with Crippen LogP contribution in [0.4, 0.5) is 0 Å². The van der Waals surface area contributed by atoms with E-state index < -0.39 is 7.59 Å². The highest BCUT2D eigenvalue weighted by Gasteiger charge is 2.37. The lowest BCUT2D eigenvalue weighted by atomic mass is 10.3. The molecule has 74 valence electrons. The largest absolute Gasteiger partial charge is 0.285 e. The van der Waals surface area contributed by atoms with Crippen LogP contribution >= 0.6 is 69.6 Å². The van der Waals surface area contributed by atoms with Gasteiger partial charge in [-0.3, -0.25) is 5.10 Å². The average Bonchev–Trinajstić information content (AvgIpc) is 2.27. The molecule has 1 N–H and O–H groups in total. The minimum absolute atomic E-state index is 0.0810. The van der Waals surface area contributed by atoms with Gasteiger partial charge in [0.2, 0.25) is 7.59 Å². The van der Waals surface area contributed by atoms with E-state index in [0.29, 0.717) is 0 Å². The van der Waals surface area contributed by atoms with Crippen molar-refractivity contribution in [3.63, 3.8) is 0 Å². The molecular formula is C5H2Cl6N2. The van der Waals surface area contributed by atoms with E-state index >= 15 is 0 Å². The Hall–Kier alpha value is 0.950. The van der Waals surface area contributed by atoms with Gasteiger partial charge in [0.05, 0.1) is 0 Å². The van der Waals surface area contributed by atoms with Gasteiger partial charge in [-0.1, -0.05) is 69.6 Å². The first-order valence-electron chi connectivity index (χ1n) is 2.91. The summed E-state index contributed by atoms with van der Waals surface area (Å²) in [5, 5.41) is 6.13. The Morgan fingerprint density at radius 2 is 1.54 bits per heavy atom. The zero-order valence-corrected chi connectivity index (χ0v) is 10.3. The van der Waals surface area contributed by atoms with E-state index in [1.54, 1.807) is 0 Å². The van der Waals surface area contributed by atoms with Gasteiger partial charge in [0.1, 0.15) is 5.69 Å². The molecule has 0 aliphatic rings. The van der Waals surface area contributed by atoms with Gasteiger partial charge < -0.3 is 0 Å². The van der Waals surface area contributed by atoms with Crippen LogP contribution in [0.25, 0.3) is 0 Å². The van der Waals surface area contributed by atoms with Crippen LogP contribution in [0.1, 0.15) is 11.3 Å². The van der Waals surface area contributed by atoms with Crippen LogP contribution in [0.2, 0.25) is 0 Å². The third-order valence-corrected chi connectivity index (χ3v) is 2.36. The van der Waals surface area contributed by atoms with Crippen molar-refractivity contribution in [3.8, 4) is 0 Å². The smallest absolute Gasteiger partial charge is 0.234 e. The lowest BCUT2D eigenvalue weighted by molar-refractivity contribution is 0.986. The lowest BCUT2D eigenvalue weighted by Crippen LogP contribution is -2.10. The van der Waals surface area contributed by atoms with Crippen LogP contribution in [0.15, 0.2) is 6.20 Å². The van der Waals surface area contributed by atoms with E-state index in [1.807, 2.05) is 0 Å². The Bertz CT molecular complexity index is 266. The first kappa shape index (κ1) is 12.0. The van der Waals surface area contributed by atoms with Crippen LogP contribution in [-0.4, -0.2) is 10.2 Å². The summed E-state index contributed by atoms with van der Waals surface area (Å²) >= 11 is 33.6. The second-order valence-corrected chi connectivity index (χ2v) is 6.71. The standard InChI is InChI=1S/C5H2Cl6N2/c6-4(7,8)2-1-12-13-3(2)5(9,10)11/h1H,(H,12,13). The molecule has 0 atom stereocenters. The Balaban J connectivity index is 3.19. The van der Waals surface area contributed by atoms with Crippen LogP contribution in [0.5, 0.6) is 0 Å². The monoisotopic (exact) mass is 300 g/mol. The molecule has 0 spiro atoms. The number of rotatable bonds is 0. The van der Waals surface area contributed by atoms with Gasteiger partial charge in [0, 0.05) is 11.8 Å². The predicted molar refractivity (Wildman–Crippen MR) is 57.1 cm³/mol. The number of aromatic amines is 1. The van der Waals surface area contributed by atoms with Crippen molar-refractivity contribution in [1.29, 1.82) is 0 Å². The van der Waals surface area contributed by atoms with E-state index in [1.165, 1.54) is 6.20 Å². The molecule has 0 aliphatic carbocycles. The molecule has 0 amide bonds. The summed E-state index contributed by atoms with van der Waals surface area (Å²) in [6, 6.07) is 0. The number of alkyl halides is 6. The summed E-state index contributed by atoms with van der Waals surface area (Å²) in [5.41, 5.74) is 0.301. The molecule has 0 aromatic carbocycles. The zero-order valence-electron chi connectivity index (χ0n) is 5.79. The minimum atomic E-state index is -1.71. The Morgan fingerprint density at radius 3 is 1.85 bits per heavy atom. The average molecular weight is 303 g/mol. The van der Waals surface area contributed by atoms with Crippen molar-refractivity contribution in [2.75, 3.05) is 0 Å². The number of halogens is 6. The molecule has 2 nitrogen and oxygen atoms in total. The molecule has 0 aliphatic heterocycles. The van der Waals surface area contributed by atoms with Crippen LogP contribution < -0.4 is 0 Å². The summed E-state index contributed by atoms with van der Waals surface area (Å²) in [4.78, 5) is 0. The number of nitrogens with zero attached hydrogens (tertiary/aromatic N) is 1. The van der Waals surface area contributed by atoms with Gasteiger partial charge in [0.15, 0.2) is 0 Å². The number of hydrogen-bond acceptors (Lipinski definition) is 1. The summed E-state index contributed by atoms with van der Waals surface area (Å²) in [6.07, 6.45) is 1.37. The molecule has 1 aromatic rings. The maximum Gasteiger partial charge on any atom is 0.234 e. The van der Waals surface area contributed by atoms with Gasteiger partial charge in [-0.2, -0.15) is 5.10 Å². The Labute approximate surface area is 104 Å². The first-order valence-corrected chi connectivity index (χ1v) is 5.18. The third-order valence-electron chi connectivity index (χ3n) is 1.21. The quantitative estimate of drug-likeness (QED) is 0.719. The van der Waals surface area contributed by atoms with E-state index in [4.69, 9.17) is 69.6 Å². The molecule has 8 heteroatoms. The van der Waals surface area contributed by atoms with E-state index in [2.05, 4.69) is 10.2 Å². The van der Waals surface area contributed by atoms with Gasteiger partial charge in [0.25, 0.3) is 0 Å². The molecule has 0 saturated heterocycles. The molecule has 0 unspecified atom stereocenters. The van der Waals surface area contributed by atoms with Gasteiger partial charge >= 0.3 is 0 Å². The molecule has 0 radical (unpaired) electrons. The molecular weight excluding hydrogens is 301 g/mol. The second-order valence-electron chi connectivity index (χ2n) is 2.14. The highest BCUT2D eigenvalue weighted by Crippen LogP contribution is 2.46. The second kappa shape index (κ2) is 3.84. The van der Waals surface area contributed by atoms with Crippen molar-refractivity contribution in [2.45, 2.75) is 7.59 Å². The van der Waals surface area contributed by atoms with Gasteiger partial charge in [-0.05, 0) is 0 Å². The molecule has 1 rings (SSSR count). The van der Waals surface area contributed by atoms with Crippen LogP contribution in [0.3, 0.4) is 0 Å². The van der Waals surface area contributed by atoms with Crippen molar-refractivity contribution < 1.29 is 0 Å². The number of aromatic nitrogens is 2. The first-order chi connectivity index (χ1) is 5.73. The zero-order chi connectivity index (χ0) is 10.3. The molecule has 1 aromatic heterocycles. The molecule has 0 bridgehead atoms. The van der Waals surface area contributed by atoms with Gasteiger partial charge in [-0.15, -0.1) is 0 Å². The molecule has 13 heavy (non-hydrogen) atoms. The summed E-state index contributed by atoms with van der Waals surface area (Å²) in [5.74, 6) is 0. The fraction of sp³-hybridized carbons (Fsp3) is 0.400. The maximum atomic E-state index is 5.61. The normalized spacial score (nSPS) is 13.4. The predicted octanol–water partition coefficient (Wildman–Crippen LogP) is 4.06. The Morgan fingerprint density at radius 1 is 1.00 bits per heavy atom. The highest BCUT2D eigenvalue weighted by atomic mass is 35.6. The molecule has 0 saturated carbocycles. The maximum absolute atomic E-state index is 5.61. The number of hydrogen-bond donors (Lipinski definition) is 1.